The van der Waals surface area contributed by atoms with Gasteiger partial charge >= 0.3 is 12.1 Å². The van der Waals surface area contributed by atoms with Gasteiger partial charge in [0, 0.05) is 25.4 Å². The van der Waals surface area contributed by atoms with Gasteiger partial charge in [0.05, 0.1) is 0 Å². The first-order chi connectivity index (χ1) is 15.5. The van der Waals surface area contributed by atoms with Crippen molar-refractivity contribution in [1.29, 1.82) is 0 Å². The maximum atomic E-state index is 12.8. The number of carboxylic acid groups (broad SMARTS) is 1. The van der Waals surface area contributed by atoms with Gasteiger partial charge in [0.1, 0.15) is 12.6 Å². The monoisotopic (exact) mass is 436 g/mol. The molecule has 1 atom stereocenters. The van der Waals surface area contributed by atoms with E-state index in [1.165, 1.54) is 0 Å². The van der Waals surface area contributed by atoms with E-state index >= 15 is 0 Å². The first-order valence-corrected chi connectivity index (χ1v) is 11.1. The number of carbonyl (C=O) groups is 3. The van der Waals surface area contributed by atoms with Crippen LogP contribution in [0.2, 0.25) is 0 Å². The molecule has 2 N–H and O–H groups in total. The Labute approximate surface area is 187 Å². The van der Waals surface area contributed by atoms with Crippen LogP contribution < -0.4 is 5.32 Å². The highest BCUT2D eigenvalue weighted by atomic mass is 16.5. The Morgan fingerprint density at radius 1 is 1.06 bits per heavy atom. The Hall–Kier alpha value is -3.35. The molecule has 4 rings (SSSR count). The fourth-order valence-electron chi connectivity index (χ4n) is 4.54. The Morgan fingerprint density at radius 3 is 2.22 bits per heavy atom. The van der Waals surface area contributed by atoms with Crippen LogP contribution in [0.1, 0.15) is 43.2 Å². The molecule has 7 heteroatoms. The molecular formula is C25H28N2O5. The van der Waals surface area contributed by atoms with Crippen molar-refractivity contribution in [1.82, 2.24) is 10.2 Å². The summed E-state index contributed by atoms with van der Waals surface area (Å²) in [5.74, 6) is -0.868. The minimum atomic E-state index is -1.01. The van der Waals surface area contributed by atoms with Crippen LogP contribution in [0.15, 0.2) is 48.5 Å². The highest BCUT2D eigenvalue weighted by molar-refractivity contribution is 5.87. The average Bonchev–Trinajstić information content (AvgIpc) is 3.08. The summed E-state index contributed by atoms with van der Waals surface area (Å²) in [5, 5.41) is 11.6. The van der Waals surface area contributed by atoms with E-state index in [1.54, 1.807) is 4.90 Å². The number of benzene rings is 2. The minimum Gasteiger partial charge on any atom is -0.481 e. The van der Waals surface area contributed by atoms with Crippen molar-refractivity contribution in [2.24, 2.45) is 5.92 Å². The second-order valence-corrected chi connectivity index (χ2v) is 8.47. The van der Waals surface area contributed by atoms with E-state index in [4.69, 9.17) is 9.84 Å². The second kappa shape index (κ2) is 9.42. The molecule has 2 aromatic rings. The van der Waals surface area contributed by atoms with E-state index in [0.29, 0.717) is 19.0 Å². The molecule has 32 heavy (non-hydrogen) atoms. The SMILES string of the molecule is CCC1CN(C(=O)C(CCC(=O)O)NC(=O)OCC2c3ccccc3-c3ccccc32)C1. The molecule has 1 fully saturated rings. The number of aliphatic carboxylic acids is 1. The maximum Gasteiger partial charge on any atom is 0.407 e. The zero-order valence-electron chi connectivity index (χ0n) is 18.1. The Balaban J connectivity index is 1.40. The normalized spacial score (nSPS) is 16.0. The molecule has 1 saturated heterocycles. The number of carbonyl (C=O) groups excluding carboxylic acids is 2. The zero-order chi connectivity index (χ0) is 22.7. The van der Waals surface area contributed by atoms with Crippen LogP contribution in [0.4, 0.5) is 4.79 Å². The fourth-order valence-corrected chi connectivity index (χ4v) is 4.54. The van der Waals surface area contributed by atoms with Crippen molar-refractivity contribution < 1.29 is 24.2 Å². The summed E-state index contributed by atoms with van der Waals surface area (Å²) in [6, 6.07) is 15.2. The predicted octanol–water partition coefficient (Wildman–Crippen LogP) is 3.63. The van der Waals surface area contributed by atoms with Gasteiger partial charge in [0.15, 0.2) is 0 Å². The van der Waals surface area contributed by atoms with Crippen LogP contribution in [-0.2, 0) is 14.3 Å². The number of fused-ring (bicyclic) bond motifs is 3. The summed E-state index contributed by atoms with van der Waals surface area (Å²) < 4.78 is 5.53. The number of hydrogen-bond donors (Lipinski definition) is 2. The molecular weight excluding hydrogens is 408 g/mol. The molecule has 1 unspecified atom stereocenters. The number of amides is 2. The highest BCUT2D eigenvalue weighted by Gasteiger charge is 2.35. The summed E-state index contributed by atoms with van der Waals surface area (Å²) in [5.41, 5.74) is 4.47. The molecule has 1 heterocycles. The van der Waals surface area contributed by atoms with E-state index < -0.39 is 18.1 Å². The summed E-state index contributed by atoms with van der Waals surface area (Å²) in [6.45, 7) is 3.50. The fraction of sp³-hybridized carbons (Fsp3) is 0.400. The van der Waals surface area contributed by atoms with Crippen molar-refractivity contribution in [3.63, 3.8) is 0 Å². The number of ether oxygens (including phenoxy) is 1. The van der Waals surface area contributed by atoms with Gasteiger partial charge in [-0.25, -0.2) is 4.79 Å². The van der Waals surface area contributed by atoms with Gasteiger partial charge in [-0.3, -0.25) is 9.59 Å². The molecule has 7 nitrogen and oxygen atoms in total. The van der Waals surface area contributed by atoms with Gasteiger partial charge in [-0.2, -0.15) is 0 Å². The van der Waals surface area contributed by atoms with Crippen LogP contribution in [0.5, 0.6) is 0 Å². The third-order valence-corrected chi connectivity index (χ3v) is 6.43. The molecule has 0 radical (unpaired) electrons. The Bertz CT molecular complexity index is 969. The standard InChI is InChI=1S/C25H28N2O5/c1-2-16-13-27(14-16)24(30)22(11-12-23(28)29)26-25(31)32-15-21-19-9-5-3-7-17(19)18-8-4-6-10-20(18)21/h3-10,16,21-22H,2,11-15H2,1H3,(H,26,31)(H,28,29). The highest BCUT2D eigenvalue weighted by Crippen LogP contribution is 2.44. The van der Waals surface area contributed by atoms with Crippen LogP contribution in [0.25, 0.3) is 11.1 Å². The topological polar surface area (TPSA) is 95.9 Å². The van der Waals surface area contributed by atoms with Crippen molar-refractivity contribution in [3.8, 4) is 11.1 Å². The predicted molar refractivity (Wildman–Crippen MR) is 119 cm³/mol. The summed E-state index contributed by atoms with van der Waals surface area (Å²) >= 11 is 0. The van der Waals surface area contributed by atoms with Gasteiger partial charge < -0.3 is 20.1 Å². The molecule has 1 aliphatic heterocycles. The molecule has 0 bridgehead atoms. The van der Waals surface area contributed by atoms with Gasteiger partial charge in [-0.05, 0) is 41.0 Å². The lowest BCUT2D eigenvalue weighted by Gasteiger charge is -2.40. The summed E-state index contributed by atoms with van der Waals surface area (Å²) in [4.78, 5) is 38.1. The molecule has 168 valence electrons. The molecule has 0 saturated carbocycles. The van der Waals surface area contributed by atoms with Crippen molar-refractivity contribution in [2.45, 2.75) is 38.1 Å². The number of alkyl carbamates (subject to hydrolysis) is 1. The lowest BCUT2D eigenvalue weighted by Crippen LogP contribution is -2.57. The molecule has 0 aromatic heterocycles. The van der Waals surface area contributed by atoms with Crippen molar-refractivity contribution in [2.75, 3.05) is 19.7 Å². The smallest absolute Gasteiger partial charge is 0.407 e. The van der Waals surface area contributed by atoms with Gasteiger partial charge in [0.25, 0.3) is 0 Å². The number of carboxylic acids is 1. The third kappa shape index (κ3) is 4.47. The van der Waals surface area contributed by atoms with Crippen molar-refractivity contribution in [3.05, 3.63) is 59.7 Å². The van der Waals surface area contributed by atoms with Crippen LogP contribution >= 0.6 is 0 Å². The molecule has 0 spiro atoms. The van der Waals surface area contributed by atoms with Gasteiger partial charge in [-0.1, -0.05) is 55.5 Å². The minimum absolute atomic E-state index is 0.0334. The molecule has 2 aromatic carbocycles. The Kier molecular flexibility index (Phi) is 6.44. The third-order valence-electron chi connectivity index (χ3n) is 6.43. The van der Waals surface area contributed by atoms with E-state index in [2.05, 4.69) is 24.4 Å². The number of nitrogens with one attached hydrogen (secondary N) is 1. The summed E-state index contributed by atoms with van der Waals surface area (Å²) in [7, 11) is 0. The number of likely N-dealkylation sites (tertiary alicyclic amines) is 1. The lowest BCUT2D eigenvalue weighted by atomic mass is 9.95. The number of nitrogens with zero attached hydrogens (tertiary/aromatic N) is 1. The van der Waals surface area contributed by atoms with E-state index in [1.807, 2.05) is 36.4 Å². The van der Waals surface area contributed by atoms with Gasteiger partial charge in [-0.15, -0.1) is 0 Å². The second-order valence-electron chi connectivity index (χ2n) is 8.47. The number of rotatable bonds is 8. The summed E-state index contributed by atoms with van der Waals surface area (Å²) in [6.07, 6.45) is 0.114. The van der Waals surface area contributed by atoms with Crippen LogP contribution in [0.3, 0.4) is 0 Å². The van der Waals surface area contributed by atoms with Crippen molar-refractivity contribution >= 4 is 18.0 Å². The zero-order valence-corrected chi connectivity index (χ0v) is 18.1. The first-order valence-electron chi connectivity index (χ1n) is 11.1. The first kappa shape index (κ1) is 21.9. The van der Waals surface area contributed by atoms with E-state index in [-0.39, 0.29) is 31.3 Å². The lowest BCUT2D eigenvalue weighted by molar-refractivity contribution is -0.141. The average molecular weight is 437 g/mol. The Morgan fingerprint density at radius 2 is 1.66 bits per heavy atom. The largest absolute Gasteiger partial charge is 0.481 e. The van der Waals surface area contributed by atoms with Crippen LogP contribution in [-0.4, -0.2) is 53.7 Å². The molecule has 2 aliphatic rings. The quantitative estimate of drug-likeness (QED) is 0.659. The van der Waals surface area contributed by atoms with Gasteiger partial charge in [0.2, 0.25) is 5.91 Å². The maximum absolute atomic E-state index is 12.8. The molecule has 2 amide bonds. The number of hydrogen-bond acceptors (Lipinski definition) is 4. The van der Waals surface area contributed by atoms with Crippen LogP contribution in [0, 0.1) is 5.92 Å². The van der Waals surface area contributed by atoms with E-state index in [9.17, 15) is 14.4 Å². The molecule has 1 aliphatic carbocycles. The van der Waals surface area contributed by atoms with E-state index in [0.717, 1.165) is 28.7 Å².